The Balaban J connectivity index is 2.76. The minimum absolute atomic E-state index is 0.368. The largest absolute Gasteiger partial charge is 0.481 e. The van der Waals surface area contributed by atoms with E-state index in [1.165, 1.54) is 6.20 Å². The van der Waals surface area contributed by atoms with Gasteiger partial charge in [-0.1, -0.05) is 6.07 Å². The zero-order chi connectivity index (χ0) is 15.3. The third-order valence-corrected chi connectivity index (χ3v) is 2.54. The summed E-state index contributed by atoms with van der Waals surface area (Å²) >= 11 is 0. The molecule has 1 amide bonds. The summed E-state index contributed by atoms with van der Waals surface area (Å²) in [6.45, 7) is 1.21. The average molecular weight is 282 g/mol. The monoisotopic (exact) mass is 282 g/mol. The third-order valence-electron chi connectivity index (χ3n) is 2.54. The van der Waals surface area contributed by atoms with E-state index in [1.54, 1.807) is 19.1 Å². The van der Waals surface area contributed by atoms with Crippen molar-refractivity contribution in [3.05, 3.63) is 34.2 Å². The Morgan fingerprint density at radius 2 is 2.00 bits per heavy atom. The maximum atomic E-state index is 11.7. The molecule has 1 atom stereocenters. The maximum absolute atomic E-state index is 11.7. The topological polar surface area (TPSA) is 126 Å². The van der Waals surface area contributed by atoms with Gasteiger partial charge in [-0.25, -0.2) is 4.79 Å². The van der Waals surface area contributed by atoms with E-state index in [9.17, 15) is 19.2 Å². The van der Waals surface area contributed by atoms with Crippen LogP contribution in [0.2, 0.25) is 0 Å². The highest BCUT2D eigenvalue weighted by Gasteiger charge is 2.23. The average Bonchev–Trinajstić information content (AvgIpc) is 2.33. The van der Waals surface area contributed by atoms with Crippen LogP contribution >= 0.6 is 0 Å². The van der Waals surface area contributed by atoms with E-state index in [1.807, 2.05) is 0 Å². The number of nitrogens with zero attached hydrogens (tertiary/aromatic N) is 1. The van der Waals surface area contributed by atoms with Crippen molar-refractivity contribution in [2.24, 2.45) is 0 Å². The van der Waals surface area contributed by atoms with Gasteiger partial charge in [-0.05, 0) is 13.0 Å². The first kappa shape index (κ1) is 15.4. The molecule has 20 heavy (non-hydrogen) atoms. The quantitative estimate of drug-likeness (QED) is 0.627. The molecule has 0 aliphatic heterocycles. The summed E-state index contributed by atoms with van der Waals surface area (Å²) in [5.41, 5.74) is 0.0772. The molecule has 8 heteroatoms. The molecule has 1 heterocycles. The lowest BCUT2D eigenvalue weighted by Gasteiger charge is -2.13. The number of aryl methyl sites for hydroxylation is 1. The van der Waals surface area contributed by atoms with Crippen LogP contribution < -0.4 is 10.9 Å². The smallest absolute Gasteiger partial charge is 0.326 e. The minimum atomic E-state index is -1.53. The lowest BCUT2D eigenvalue weighted by Crippen LogP contribution is -2.44. The molecule has 0 saturated carbocycles. The Morgan fingerprint density at radius 1 is 1.35 bits per heavy atom. The van der Waals surface area contributed by atoms with Gasteiger partial charge in [-0.15, -0.1) is 0 Å². The molecule has 1 aromatic rings. The number of amides is 1. The highest BCUT2D eigenvalue weighted by atomic mass is 16.4. The fourth-order valence-corrected chi connectivity index (χ4v) is 1.55. The molecule has 0 bridgehead atoms. The van der Waals surface area contributed by atoms with Gasteiger partial charge >= 0.3 is 11.9 Å². The molecular formula is C12H14N2O6. The van der Waals surface area contributed by atoms with Crippen molar-refractivity contribution in [3.8, 4) is 0 Å². The molecule has 0 aromatic carbocycles. The molecule has 0 radical (unpaired) electrons. The standard InChI is InChI=1S/C12H14N2O6/c1-7-3-2-4-14(11(7)18)6-9(15)13-8(12(19)20)5-10(16)17/h2-4,8H,5-6H2,1H3,(H,13,15)(H,16,17)(H,19,20). The summed E-state index contributed by atoms with van der Waals surface area (Å²) in [7, 11) is 0. The Morgan fingerprint density at radius 3 is 2.55 bits per heavy atom. The number of carboxylic acids is 2. The number of pyridine rings is 1. The lowest BCUT2D eigenvalue weighted by molar-refractivity contribution is -0.147. The van der Waals surface area contributed by atoms with Crippen molar-refractivity contribution >= 4 is 17.8 Å². The van der Waals surface area contributed by atoms with E-state index in [-0.39, 0.29) is 12.1 Å². The van der Waals surface area contributed by atoms with Crippen LogP contribution in [0.4, 0.5) is 0 Å². The van der Waals surface area contributed by atoms with Crippen LogP contribution in [0.3, 0.4) is 0 Å². The molecule has 0 saturated heterocycles. The summed E-state index contributed by atoms with van der Waals surface area (Å²) in [6, 6.07) is 1.64. The van der Waals surface area contributed by atoms with Gasteiger partial charge in [-0.3, -0.25) is 14.4 Å². The van der Waals surface area contributed by atoms with Crippen molar-refractivity contribution in [2.75, 3.05) is 0 Å². The van der Waals surface area contributed by atoms with Gasteiger partial charge in [0.15, 0.2) is 0 Å². The first-order chi connectivity index (χ1) is 9.31. The first-order valence-electron chi connectivity index (χ1n) is 5.71. The van der Waals surface area contributed by atoms with Crippen LogP contribution in [0.1, 0.15) is 12.0 Å². The van der Waals surface area contributed by atoms with E-state index in [2.05, 4.69) is 5.32 Å². The molecule has 3 N–H and O–H groups in total. The Kier molecular flexibility index (Phi) is 5.01. The second-order valence-electron chi connectivity index (χ2n) is 4.18. The number of aliphatic carboxylic acids is 2. The van der Waals surface area contributed by atoms with Gasteiger partial charge in [0.05, 0.1) is 6.42 Å². The molecule has 8 nitrogen and oxygen atoms in total. The predicted octanol–water partition coefficient (Wildman–Crippen LogP) is -0.799. The van der Waals surface area contributed by atoms with Gasteiger partial charge < -0.3 is 20.1 Å². The molecular weight excluding hydrogens is 268 g/mol. The lowest BCUT2D eigenvalue weighted by atomic mass is 10.2. The normalized spacial score (nSPS) is 11.7. The minimum Gasteiger partial charge on any atom is -0.481 e. The molecule has 108 valence electrons. The van der Waals surface area contributed by atoms with E-state index in [4.69, 9.17) is 10.2 Å². The number of aromatic nitrogens is 1. The van der Waals surface area contributed by atoms with Crippen molar-refractivity contribution < 1.29 is 24.6 Å². The highest BCUT2D eigenvalue weighted by Crippen LogP contribution is 1.94. The number of carbonyl (C=O) groups is 3. The van der Waals surface area contributed by atoms with E-state index in [0.29, 0.717) is 5.56 Å². The number of hydrogen-bond acceptors (Lipinski definition) is 4. The van der Waals surface area contributed by atoms with Crippen LogP contribution in [0.25, 0.3) is 0 Å². The number of carboxylic acid groups (broad SMARTS) is 2. The zero-order valence-corrected chi connectivity index (χ0v) is 10.7. The van der Waals surface area contributed by atoms with Crippen LogP contribution in [-0.2, 0) is 20.9 Å². The van der Waals surface area contributed by atoms with E-state index in [0.717, 1.165) is 4.57 Å². The molecule has 1 rings (SSSR count). The fourth-order valence-electron chi connectivity index (χ4n) is 1.55. The SMILES string of the molecule is Cc1cccn(CC(=O)NC(CC(=O)O)C(=O)O)c1=O. The van der Waals surface area contributed by atoms with Gasteiger partial charge in [0.2, 0.25) is 5.91 Å². The van der Waals surface area contributed by atoms with Gasteiger partial charge in [0.25, 0.3) is 5.56 Å². The van der Waals surface area contributed by atoms with E-state index < -0.39 is 30.3 Å². The number of nitrogens with one attached hydrogen (secondary N) is 1. The van der Waals surface area contributed by atoms with Crippen molar-refractivity contribution in [1.82, 2.24) is 9.88 Å². The number of hydrogen-bond donors (Lipinski definition) is 3. The highest BCUT2D eigenvalue weighted by molar-refractivity contribution is 5.86. The summed E-state index contributed by atoms with van der Waals surface area (Å²) in [4.78, 5) is 44.6. The van der Waals surface area contributed by atoms with Crippen molar-refractivity contribution in [1.29, 1.82) is 0 Å². The molecule has 0 aliphatic rings. The Labute approximate surface area is 113 Å². The number of rotatable bonds is 6. The van der Waals surface area contributed by atoms with Crippen LogP contribution in [0.5, 0.6) is 0 Å². The van der Waals surface area contributed by atoms with Crippen molar-refractivity contribution in [2.45, 2.75) is 25.9 Å². The third kappa shape index (κ3) is 4.23. The number of carbonyl (C=O) groups excluding carboxylic acids is 1. The Bertz CT molecular complexity index is 592. The fraction of sp³-hybridized carbons (Fsp3) is 0.333. The van der Waals surface area contributed by atoms with Gasteiger partial charge in [-0.2, -0.15) is 0 Å². The molecule has 1 unspecified atom stereocenters. The van der Waals surface area contributed by atoms with Gasteiger partial charge in [0, 0.05) is 11.8 Å². The summed E-state index contributed by atoms with van der Waals surface area (Å²) in [6.07, 6.45) is 0.658. The zero-order valence-electron chi connectivity index (χ0n) is 10.7. The summed E-state index contributed by atoms with van der Waals surface area (Å²) < 4.78 is 1.12. The Hall–Kier alpha value is -2.64. The summed E-state index contributed by atoms with van der Waals surface area (Å²) in [5.74, 6) is -3.53. The molecule has 1 aromatic heterocycles. The second kappa shape index (κ2) is 6.50. The van der Waals surface area contributed by atoms with Crippen molar-refractivity contribution in [3.63, 3.8) is 0 Å². The van der Waals surface area contributed by atoms with Gasteiger partial charge in [0.1, 0.15) is 12.6 Å². The maximum Gasteiger partial charge on any atom is 0.326 e. The van der Waals surface area contributed by atoms with Crippen LogP contribution in [0, 0.1) is 6.92 Å². The second-order valence-corrected chi connectivity index (χ2v) is 4.18. The summed E-state index contributed by atoms with van der Waals surface area (Å²) in [5, 5.41) is 19.4. The van der Waals surface area contributed by atoms with E-state index >= 15 is 0 Å². The molecule has 0 aliphatic carbocycles. The molecule has 0 fully saturated rings. The molecule has 0 spiro atoms. The first-order valence-corrected chi connectivity index (χ1v) is 5.71. The predicted molar refractivity (Wildman–Crippen MR) is 67.3 cm³/mol. The van der Waals surface area contributed by atoms with Crippen LogP contribution in [-0.4, -0.2) is 38.7 Å². The van der Waals surface area contributed by atoms with Crippen LogP contribution in [0.15, 0.2) is 23.1 Å².